The summed E-state index contributed by atoms with van der Waals surface area (Å²) in [5.74, 6) is 2.29. The zero-order valence-corrected chi connectivity index (χ0v) is 15.8. The molecule has 6 nitrogen and oxygen atoms in total. The number of rotatable bonds is 2. The second-order valence-electron chi connectivity index (χ2n) is 7.27. The molecule has 2 rings (SSSR count). The molecular formula is C12H26N6Si2. The summed E-state index contributed by atoms with van der Waals surface area (Å²) >= 11 is 0. The van der Waals surface area contributed by atoms with Crippen molar-refractivity contribution in [2.24, 2.45) is 10.2 Å². The molecule has 2 aliphatic rings. The molecule has 0 aromatic heterocycles. The van der Waals surface area contributed by atoms with Gasteiger partial charge in [-0.3, -0.25) is 4.67 Å². The van der Waals surface area contributed by atoms with Crippen molar-refractivity contribution < 1.29 is 0 Å². The van der Waals surface area contributed by atoms with Gasteiger partial charge in [0.15, 0.2) is 28.1 Å². The Labute approximate surface area is 124 Å². The van der Waals surface area contributed by atoms with Crippen molar-refractivity contribution >= 4 is 29.1 Å². The molecule has 0 bridgehead atoms. The van der Waals surface area contributed by atoms with E-state index in [2.05, 4.69) is 70.7 Å². The van der Waals surface area contributed by atoms with Gasteiger partial charge in [-0.25, -0.2) is 5.01 Å². The molecule has 0 aromatic rings. The van der Waals surface area contributed by atoms with Gasteiger partial charge in [0.2, 0.25) is 0 Å². The van der Waals surface area contributed by atoms with Gasteiger partial charge >= 0.3 is 0 Å². The third kappa shape index (κ3) is 2.49. The lowest BCUT2D eigenvalue weighted by atomic mass is 10.5. The number of hydrogen-bond acceptors (Lipinski definition) is 6. The zero-order valence-electron chi connectivity index (χ0n) is 13.8. The lowest BCUT2D eigenvalue weighted by Crippen LogP contribution is -2.49. The number of nitrogens with zero attached hydrogens (tertiary/aromatic N) is 6. The van der Waals surface area contributed by atoms with Crippen LogP contribution in [0.15, 0.2) is 21.8 Å². The minimum absolute atomic E-state index is 1.14. The standard InChI is InChI=1S/C12H26N6Si2/c1-15-9-14-18(20(6,7)8)11(15)12-16(2)13-10-17(12)19(3,4)5/h9-10H,1-8H3/b12-11+. The quantitative estimate of drug-likeness (QED) is 0.733. The molecule has 0 saturated heterocycles. The van der Waals surface area contributed by atoms with Gasteiger partial charge in [-0.1, -0.05) is 19.6 Å². The molecule has 112 valence electrons. The summed E-state index contributed by atoms with van der Waals surface area (Å²) in [6.07, 6.45) is 3.86. The van der Waals surface area contributed by atoms with Gasteiger partial charge in [-0.05, 0) is 19.6 Å². The molecule has 0 spiro atoms. The van der Waals surface area contributed by atoms with Crippen LogP contribution in [-0.4, -0.2) is 62.4 Å². The average molecular weight is 311 g/mol. The van der Waals surface area contributed by atoms with E-state index in [0.29, 0.717) is 0 Å². The molecular weight excluding hydrogens is 284 g/mol. The molecule has 0 aliphatic carbocycles. The van der Waals surface area contributed by atoms with Crippen LogP contribution in [0.3, 0.4) is 0 Å². The van der Waals surface area contributed by atoms with Crippen molar-refractivity contribution in [3.63, 3.8) is 0 Å². The van der Waals surface area contributed by atoms with Crippen LogP contribution >= 0.6 is 0 Å². The highest BCUT2D eigenvalue weighted by molar-refractivity contribution is 6.75. The minimum Gasteiger partial charge on any atom is -0.342 e. The van der Waals surface area contributed by atoms with E-state index < -0.39 is 16.5 Å². The molecule has 0 saturated carbocycles. The van der Waals surface area contributed by atoms with Crippen LogP contribution in [0.2, 0.25) is 39.3 Å². The predicted octanol–water partition coefficient (Wildman–Crippen LogP) is 2.16. The van der Waals surface area contributed by atoms with Gasteiger partial charge in [-0.15, -0.1) is 0 Å². The molecule has 2 aliphatic heterocycles. The maximum Gasteiger partial charge on any atom is 0.179 e. The molecule has 2 heterocycles. The van der Waals surface area contributed by atoms with E-state index in [1.54, 1.807) is 0 Å². The first-order chi connectivity index (χ1) is 9.03. The van der Waals surface area contributed by atoms with Crippen LogP contribution < -0.4 is 0 Å². The summed E-state index contributed by atoms with van der Waals surface area (Å²) in [6.45, 7) is 13.9. The van der Waals surface area contributed by atoms with Crippen molar-refractivity contribution in [1.29, 1.82) is 0 Å². The van der Waals surface area contributed by atoms with Crippen molar-refractivity contribution in [3.05, 3.63) is 11.6 Å². The van der Waals surface area contributed by atoms with Gasteiger partial charge < -0.3 is 9.47 Å². The number of hydrazone groups is 2. The average Bonchev–Trinajstić information content (AvgIpc) is 2.79. The van der Waals surface area contributed by atoms with Crippen molar-refractivity contribution in [1.82, 2.24) is 19.1 Å². The Morgan fingerprint density at radius 2 is 1.40 bits per heavy atom. The fraction of sp³-hybridized carbons (Fsp3) is 0.667. The van der Waals surface area contributed by atoms with Gasteiger partial charge in [0.05, 0.1) is 0 Å². The van der Waals surface area contributed by atoms with Gasteiger partial charge in [0.1, 0.15) is 12.7 Å². The summed E-state index contributed by atoms with van der Waals surface area (Å²) < 4.78 is 4.56. The lowest BCUT2D eigenvalue weighted by molar-refractivity contribution is 0.359. The molecule has 0 amide bonds. The van der Waals surface area contributed by atoms with Crippen molar-refractivity contribution in [3.8, 4) is 0 Å². The summed E-state index contributed by atoms with van der Waals surface area (Å²) in [5.41, 5.74) is 0. The van der Waals surface area contributed by atoms with E-state index in [0.717, 1.165) is 11.6 Å². The monoisotopic (exact) mass is 310 g/mol. The molecule has 0 atom stereocenters. The second kappa shape index (κ2) is 4.62. The van der Waals surface area contributed by atoms with Gasteiger partial charge in [-0.2, -0.15) is 10.2 Å². The largest absolute Gasteiger partial charge is 0.342 e. The first-order valence-electron chi connectivity index (χ1n) is 6.92. The highest BCUT2D eigenvalue weighted by Gasteiger charge is 2.40. The lowest BCUT2D eigenvalue weighted by Gasteiger charge is -2.37. The summed E-state index contributed by atoms with van der Waals surface area (Å²) in [7, 11) is 0.967. The highest BCUT2D eigenvalue weighted by atomic mass is 28.3. The molecule has 8 heteroatoms. The van der Waals surface area contributed by atoms with Crippen molar-refractivity contribution in [2.45, 2.75) is 39.3 Å². The fourth-order valence-corrected chi connectivity index (χ4v) is 4.84. The first-order valence-corrected chi connectivity index (χ1v) is 13.8. The summed E-state index contributed by atoms with van der Waals surface area (Å²) in [5, 5.41) is 11.1. The highest BCUT2D eigenvalue weighted by Crippen LogP contribution is 2.32. The van der Waals surface area contributed by atoms with Crippen LogP contribution in [0.4, 0.5) is 0 Å². The Morgan fingerprint density at radius 1 is 0.800 bits per heavy atom. The topological polar surface area (TPSA) is 37.7 Å². The summed E-state index contributed by atoms with van der Waals surface area (Å²) in [6, 6.07) is 0. The minimum atomic E-state index is -1.57. The Kier molecular flexibility index (Phi) is 3.49. The zero-order chi connectivity index (χ0) is 15.3. The van der Waals surface area contributed by atoms with E-state index >= 15 is 0 Å². The van der Waals surface area contributed by atoms with Gasteiger partial charge in [0.25, 0.3) is 0 Å². The first kappa shape index (κ1) is 15.1. The molecule has 0 radical (unpaired) electrons. The Morgan fingerprint density at radius 3 is 1.90 bits per heavy atom. The van der Waals surface area contributed by atoms with E-state index in [1.165, 1.54) is 0 Å². The van der Waals surface area contributed by atoms with Crippen LogP contribution in [0.25, 0.3) is 0 Å². The molecule has 0 fully saturated rings. The molecule has 20 heavy (non-hydrogen) atoms. The van der Waals surface area contributed by atoms with E-state index in [-0.39, 0.29) is 0 Å². The Balaban J connectivity index is 2.53. The van der Waals surface area contributed by atoms with Crippen LogP contribution in [-0.2, 0) is 0 Å². The van der Waals surface area contributed by atoms with E-state index in [9.17, 15) is 0 Å². The van der Waals surface area contributed by atoms with E-state index in [1.807, 2.05) is 24.7 Å². The molecule has 0 aromatic carbocycles. The maximum absolute atomic E-state index is 4.61. The van der Waals surface area contributed by atoms with Gasteiger partial charge in [0, 0.05) is 14.1 Å². The number of hydrogen-bond donors (Lipinski definition) is 0. The Bertz CT molecular complexity index is 441. The van der Waals surface area contributed by atoms with Crippen LogP contribution in [0.1, 0.15) is 0 Å². The van der Waals surface area contributed by atoms with Crippen LogP contribution in [0.5, 0.6) is 0 Å². The van der Waals surface area contributed by atoms with Crippen molar-refractivity contribution in [2.75, 3.05) is 14.1 Å². The second-order valence-corrected chi connectivity index (χ2v) is 16.9. The third-order valence-corrected chi connectivity index (χ3v) is 6.68. The van der Waals surface area contributed by atoms with Crippen LogP contribution in [0, 0.1) is 0 Å². The maximum atomic E-state index is 4.61. The fourth-order valence-electron chi connectivity index (χ4n) is 2.27. The predicted molar refractivity (Wildman–Crippen MR) is 89.9 cm³/mol. The third-order valence-electron chi connectivity index (χ3n) is 3.31. The van der Waals surface area contributed by atoms with E-state index in [4.69, 9.17) is 0 Å². The smallest absolute Gasteiger partial charge is 0.179 e. The molecule has 0 unspecified atom stereocenters. The molecule has 0 N–H and O–H groups in total. The Hall–Kier alpha value is -1.29. The normalized spacial score (nSPS) is 23.6. The summed E-state index contributed by atoms with van der Waals surface area (Å²) in [4.78, 5) is 2.10. The SMILES string of the molecule is CN1C=NN([Si](C)(C)C)/C1=C1\N(C)N=CN1[Si](C)(C)C.